The molecule has 0 spiro atoms. The number of nitrogens with one attached hydrogen (secondary N) is 1. The molecule has 0 unspecified atom stereocenters. The first kappa shape index (κ1) is 11.4. The molecule has 3 N–H and O–H groups in total. The van der Waals surface area contributed by atoms with E-state index in [1.165, 1.54) is 6.07 Å². The van der Waals surface area contributed by atoms with Crippen LogP contribution in [0.2, 0.25) is 0 Å². The van der Waals surface area contributed by atoms with E-state index in [1.807, 2.05) is 24.3 Å². The lowest BCUT2D eigenvalue weighted by molar-refractivity contribution is 0.619. The number of nitrogens with two attached hydrogens (primary N) is 1. The summed E-state index contributed by atoms with van der Waals surface area (Å²) < 4.78 is 15.8. The molecule has 19 heavy (non-hydrogen) atoms. The second kappa shape index (κ2) is 4.20. The Morgan fingerprint density at radius 3 is 2.74 bits per heavy atom. The van der Waals surface area contributed by atoms with Gasteiger partial charge in [-0.1, -0.05) is 12.1 Å². The first-order valence-electron chi connectivity index (χ1n) is 5.73. The average Bonchev–Trinajstić information content (AvgIpc) is 2.82. The molecule has 0 fully saturated rings. The zero-order valence-corrected chi connectivity index (χ0v) is 9.97. The summed E-state index contributed by atoms with van der Waals surface area (Å²) >= 11 is 0. The van der Waals surface area contributed by atoms with Gasteiger partial charge in [0.2, 0.25) is 0 Å². The number of amidine groups is 1. The summed E-state index contributed by atoms with van der Waals surface area (Å²) in [5.74, 6) is -0.586. The minimum Gasteiger partial charge on any atom is -0.384 e. The van der Waals surface area contributed by atoms with Crippen LogP contribution in [0.1, 0.15) is 5.56 Å². The fraction of sp³-hybridized carbons (Fsp3) is 0. The molecular formula is C14H11FN4. The van der Waals surface area contributed by atoms with Crippen molar-refractivity contribution in [3.63, 3.8) is 0 Å². The Hall–Kier alpha value is -2.69. The molecule has 5 heteroatoms. The molecule has 4 nitrogen and oxygen atoms in total. The lowest BCUT2D eigenvalue weighted by Crippen LogP contribution is -2.11. The van der Waals surface area contributed by atoms with Crippen molar-refractivity contribution in [1.29, 1.82) is 5.41 Å². The summed E-state index contributed by atoms with van der Waals surface area (Å²) in [4.78, 5) is 4.22. The van der Waals surface area contributed by atoms with Crippen molar-refractivity contribution < 1.29 is 4.39 Å². The number of nitrogen functional groups attached to an aromatic ring is 1. The van der Waals surface area contributed by atoms with Crippen LogP contribution < -0.4 is 5.73 Å². The monoisotopic (exact) mass is 254 g/mol. The molecule has 3 aromatic rings. The van der Waals surface area contributed by atoms with Gasteiger partial charge in [0.25, 0.3) is 0 Å². The highest BCUT2D eigenvalue weighted by molar-refractivity contribution is 5.95. The lowest BCUT2D eigenvalue weighted by atomic mass is 10.2. The molecule has 3 rings (SSSR count). The van der Waals surface area contributed by atoms with Crippen LogP contribution in [-0.2, 0) is 0 Å². The van der Waals surface area contributed by atoms with Crippen molar-refractivity contribution in [3.8, 4) is 5.69 Å². The molecule has 0 saturated carbocycles. The van der Waals surface area contributed by atoms with Crippen LogP contribution in [0.5, 0.6) is 0 Å². The standard InChI is InChI=1S/C14H11FN4/c15-10-7-9(14(16)17)5-6-12(10)19-8-18-11-3-1-2-4-13(11)19/h1-8H,(H3,16,17). The molecule has 1 heterocycles. The van der Waals surface area contributed by atoms with Crippen LogP contribution in [0.25, 0.3) is 16.7 Å². The third kappa shape index (κ3) is 1.85. The fourth-order valence-electron chi connectivity index (χ4n) is 2.02. The van der Waals surface area contributed by atoms with E-state index < -0.39 is 5.82 Å². The van der Waals surface area contributed by atoms with Gasteiger partial charge in [-0.15, -0.1) is 0 Å². The van der Waals surface area contributed by atoms with Gasteiger partial charge in [-0.2, -0.15) is 0 Å². The summed E-state index contributed by atoms with van der Waals surface area (Å²) in [6, 6.07) is 12.0. The third-order valence-corrected chi connectivity index (χ3v) is 2.97. The molecule has 0 atom stereocenters. The van der Waals surface area contributed by atoms with Crippen molar-refractivity contribution >= 4 is 16.9 Å². The quantitative estimate of drug-likeness (QED) is 0.545. The topological polar surface area (TPSA) is 67.7 Å². The van der Waals surface area contributed by atoms with Gasteiger partial charge in [0.05, 0.1) is 16.7 Å². The number of para-hydroxylation sites is 2. The normalized spacial score (nSPS) is 10.8. The highest BCUT2D eigenvalue weighted by atomic mass is 19.1. The number of nitrogens with zero attached hydrogens (tertiary/aromatic N) is 2. The summed E-state index contributed by atoms with van der Waals surface area (Å²) in [6.45, 7) is 0. The summed E-state index contributed by atoms with van der Waals surface area (Å²) in [5.41, 5.74) is 7.73. The molecule has 0 radical (unpaired) electrons. The highest BCUT2D eigenvalue weighted by Gasteiger charge is 2.10. The van der Waals surface area contributed by atoms with Crippen LogP contribution in [0.3, 0.4) is 0 Å². The largest absolute Gasteiger partial charge is 0.384 e. The molecule has 0 aliphatic heterocycles. The predicted octanol–water partition coefficient (Wildman–Crippen LogP) is 2.45. The zero-order valence-electron chi connectivity index (χ0n) is 9.97. The van der Waals surface area contributed by atoms with Crippen LogP contribution in [0, 0.1) is 11.2 Å². The van der Waals surface area contributed by atoms with E-state index >= 15 is 0 Å². The summed E-state index contributed by atoms with van der Waals surface area (Å²) in [5, 5.41) is 7.30. The molecule has 0 bridgehead atoms. The van der Waals surface area contributed by atoms with Gasteiger partial charge in [0, 0.05) is 5.56 Å². The second-order valence-electron chi connectivity index (χ2n) is 4.18. The first-order chi connectivity index (χ1) is 9.16. The lowest BCUT2D eigenvalue weighted by Gasteiger charge is -2.07. The van der Waals surface area contributed by atoms with Crippen molar-refractivity contribution in [2.24, 2.45) is 5.73 Å². The van der Waals surface area contributed by atoms with Crippen LogP contribution in [0.15, 0.2) is 48.8 Å². The van der Waals surface area contributed by atoms with E-state index in [-0.39, 0.29) is 5.84 Å². The highest BCUT2D eigenvalue weighted by Crippen LogP contribution is 2.21. The number of imidazole rings is 1. The van der Waals surface area contributed by atoms with Gasteiger partial charge in [-0.05, 0) is 30.3 Å². The van der Waals surface area contributed by atoms with Crippen LogP contribution in [0.4, 0.5) is 4.39 Å². The smallest absolute Gasteiger partial charge is 0.147 e. The Labute approximate surface area is 108 Å². The van der Waals surface area contributed by atoms with E-state index in [0.717, 1.165) is 11.0 Å². The average molecular weight is 254 g/mol. The first-order valence-corrected chi connectivity index (χ1v) is 5.73. The van der Waals surface area contributed by atoms with Crippen molar-refractivity contribution in [2.75, 3.05) is 0 Å². The molecular weight excluding hydrogens is 243 g/mol. The van der Waals surface area contributed by atoms with E-state index in [2.05, 4.69) is 4.98 Å². The molecule has 0 aliphatic carbocycles. The van der Waals surface area contributed by atoms with Gasteiger partial charge >= 0.3 is 0 Å². The number of aromatic nitrogens is 2. The molecule has 1 aromatic heterocycles. The third-order valence-electron chi connectivity index (χ3n) is 2.97. The number of rotatable bonds is 2. The van der Waals surface area contributed by atoms with Crippen molar-refractivity contribution in [3.05, 3.63) is 60.2 Å². The maximum absolute atomic E-state index is 14.1. The Morgan fingerprint density at radius 2 is 2.00 bits per heavy atom. The molecule has 2 aromatic carbocycles. The van der Waals surface area contributed by atoms with E-state index in [4.69, 9.17) is 11.1 Å². The Bertz CT molecular complexity index is 776. The molecule has 0 saturated heterocycles. The van der Waals surface area contributed by atoms with Crippen molar-refractivity contribution in [2.45, 2.75) is 0 Å². The second-order valence-corrected chi connectivity index (χ2v) is 4.18. The zero-order chi connectivity index (χ0) is 13.4. The number of fused-ring (bicyclic) bond motifs is 1. The van der Waals surface area contributed by atoms with E-state index in [9.17, 15) is 4.39 Å². The predicted molar refractivity (Wildman–Crippen MR) is 72.0 cm³/mol. The Balaban J connectivity index is 2.19. The number of hydrogen-bond donors (Lipinski definition) is 2. The fourth-order valence-corrected chi connectivity index (χ4v) is 2.02. The molecule has 0 amide bonds. The Morgan fingerprint density at radius 1 is 1.21 bits per heavy atom. The van der Waals surface area contributed by atoms with E-state index in [1.54, 1.807) is 23.0 Å². The van der Waals surface area contributed by atoms with Crippen LogP contribution in [-0.4, -0.2) is 15.4 Å². The van der Waals surface area contributed by atoms with Gasteiger partial charge in [-0.3, -0.25) is 9.98 Å². The van der Waals surface area contributed by atoms with Gasteiger partial charge in [0.1, 0.15) is 18.0 Å². The maximum Gasteiger partial charge on any atom is 0.147 e. The number of benzene rings is 2. The van der Waals surface area contributed by atoms with Gasteiger partial charge < -0.3 is 5.73 Å². The number of hydrogen-bond acceptors (Lipinski definition) is 2. The molecule has 94 valence electrons. The number of halogens is 1. The summed E-state index contributed by atoms with van der Waals surface area (Å²) in [7, 11) is 0. The SMILES string of the molecule is N=C(N)c1ccc(-n2cnc3ccccc32)c(F)c1. The van der Waals surface area contributed by atoms with Crippen LogP contribution >= 0.6 is 0 Å². The minimum absolute atomic E-state index is 0.152. The maximum atomic E-state index is 14.1. The Kier molecular flexibility index (Phi) is 2.52. The van der Waals surface area contributed by atoms with Crippen molar-refractivity contribution in [1.82, 2.24) is 9.55 Å². The minimum atomic E-state index is -0.434. The molecule has 0 aliphatic rings. The van der Waals surface area contributed by atoms with E-state index in [0.29, 0.717) is 11.3 Å². The summed E-state index contributed by atoms with van der Waals surface area (Å²) in [6.07, 6.45) is 1.58. The van der Waals surface area contributed by atoms with Gasteiger partial charge in [0.15, 0.2) is 0 Å². The van der Waals surface area contributed by atoms with Gasteiger partial charge in [-0.25, -0.2) is 9.37 Å².